The topological polar surface area (TPSA) is 38.1 Å². The Kier molecular flexibility index (Phi) is 3.70. The fraction of sp³-hybridized carbons (Fsp3) is 0.500. The van der Waals surface area contributed by atoms with Gasteiger partial charge in [0.2, 0.25) is 5.91 Å². The van der Waals surface area contributed by atoms with Crippen LogP contribution in [-0.4, -0.2) is 27.1 Å². The van der Waals surface area contributed by atoms with Crippen molar-refractivity contribution < 1.29 is 4.79 Å². The van der Waals surface area contributed by atoms with Gasteiger partial charge in [0.05, 0.1) is 17.7 Å². The van der Waals surface area contributed by atoms with E-state index in [9.17, 15) is 4.79 Å². The molecule has 0 N–H and O–H groups in total. The van der Waals surface area contributed by atoms with E-state index in [1.807, 2.05) is 11.7 Å². The molecule has 0 bridgehead atoms. The average Bonchev–Trinajstić information content (AvgIpc) is 3.26. The first-order valence-electron chi connectivity index (χ1n) is 8.96. The number of carbonyl (C=O) groups excluding carboxylic acids is 1. The summed E-state index contributed by atoms with van der Waals surface area (Å²) < 4.78 is 1.94. The van der Waals surface area contributed by atoms with Crippen molar-refractivity contribution >= 4 is 5.91 Å². The Hall–Kier alpha value is -2.10. The van der Waals surface area contributed by atoms with E-state index >= 15 is 0 Å². The minimum Gasteiger partial charge on any atom is -0.335 e. The van der Waals surface area contributed by atoms with Gasteiger partial charge in [0.15, 0.2) is 0 Å². The Balaban J connectivity index is 1.65. The van der Waals surface area contributed by atoms with Crippen LogP contribution in [0.5, 0.6) is 0 Å². The first kappa shape index (κ1) is 15.4. The second kappa shape index (κ2) is 5.76. The number of hydrogen-bond donors (Lipinski definition) is 0. The molecule has 1 saturated heterocycles. The fourth-order valence-corrected chi connectivity index (χ4v) is 4.62. The average molecular weight is 323 g/mol. The molecular weight excluding hydrogens is 298 g/mol. The van der Waals surface area contributed by atoms with Crippen molar-refractivity contribution in [3.8, 4) is 0 Å². The predicted molar refractivity (Wildman–Crippen MR) is 93.9 cm³/mol. The maximum atomic E-state index is 13.3. The Bertz CT molecular complexity index is 792. The van der Waals surface area contributed by atoms with Crippen LogP contribution in [0.2, 0.25) is 0 Å². The number of amides is 1. The summed E-state index contributed by atoms with van der Waals surface area (Å²) in [5.41, 5.74) is 6.10. The summed E-state index contributed by atoms with van der Waals surface area (Å²) in [6.07, 6.45) is 4.11. The van der Waals surface area contributed by atoms with E-state index < -0.39 is 0 Å². The summed E-state index contributed by atoms with van der Waals surface area (Å²) in [4.78, 5) is 15.5. The van der Waals surface area contributed by atoms with Crippen molar-refractivity contribution in [2.24, 2.45) is 7.05 Å². The highest BCUT2D eigenvalue weighted by Gasteiger charge is 2.38. The van der Waals surface area contributed by atoms with Crippen molar-refractivity contribution in [2.45, 2.75) is 51.5 Å². The highest BCUT2D eigenvalue weighted by Crippen LogP contribution is 2.40. The van der Waals surface area contributed by atoms with Crippen molar-refractivity contribution in [1.82, 2.24) is 14.7 Å². The van der Waals surface area contributed by atoms with E-state index in [0.717, 1.165) is 37.9 Å². The van der Waals surface area contributed by atoms with E-state index in [1.54, 1.807) is 0 Å². The molecule has 4 nitrogen and oxygen atoms in total. The predicted octanol–water partition coefficient (Wildman–Crippen LogP) is 3.43. The molecule has 1 aromatic carbocycles. The lowest BCUT2D eigenvalue weighted by molar-refractivity contribution is -0.133. The van der Waals surface area contributed by atoms with Crippen molar-refractivity contribution in [1.29, 1.82) is 0 Å². The third-order valence-corrected chi connectivity index (χ3v) is 5.87. The molecule has 1 aliphatic heterocycles. The zero-order valence-corrected chi connectivity index (χ0v) is 14.7. The lowest BCUT2D eigenvalue weighted by atomic mass is 9.97. The van der Waals surface area contributed by atoms with Crippen LogP contribution >= 0.6 is 0 Å². The number of rotatable bonds is 2. The Morgan fingerprint density at radius 1 is 1.21 bits per heavy atom. The Morgan fingerprint density at radius 3 is 2.75 bits per heavy atom. The molecule has 4 heteroatoms. The van der Waals surface area contributed by atoms with Crippen LogP contribution in [-0.2, 0) is 18.3 Å². The SMILES string of the molecule is Cc1nn(C)c(C)c1[C@H]1CCCN1C(=O)[C@H]1CCc2ccccc21. The summed E-state index contributed by atoms with van der Waals surface area (Å²) in [6.45, 7) is 5.05. The molecule has 2 heterocycles. The summed E-state index contributed by atoms with van der Waals surface area (Å²) in [6, 6.07) is 8.63. The molecule has 1 aliphatic carbocycles. The van der Waals surface area contributed by atoms with Crippen LogP contribution < -0.4 is 0 Å². The molecule has 2 atom stereocenters. The van der Waals surface area contributed by atoms with Gasteiger partial charge in [-0.3, -0.25) is 9.48 Å². The normalized spacial score (nSPS) is 22.9. The third-order valence-electron chi connectivity index (χ3n) is 5.87. The number of likely N-dealkylation sites (tertiary alicyclic amines) is 1. The molecule has 0 spiro atoms. The Morgan fingerprint density at radius 2 is 2.00 bits per heavy atom. The minimum atomic E-state index is 0.0408. The number of aromatic nitrogens is 2. The molecule has 1 amide bonds. The smallest absolute Gasteiger partial charge is 0.230 e. The molecule has 0 radical (unpaired) electrons. The summed E-state index contributed by atoms with van der Waals surface area (Å²) in [7, 11) is 1.99. The highest BCUT2D eigenvalue weighted by atomic mass is 16.2. The fourth-order valence-electron chi connectivity index (χ4n) is 4.62. The third kappa shape index (κ3) is 2.27. The molecule has 2 aliphatic rings. The maximum Gasteiger partial charge on any atom is 0.230 e. The summed E-state index contributed by atoms with van der Waals surface area (Å²) >= 11 is 0. The van der Waals surface area contributed by atoms with Gasteiger partial charge in [-0.1, -0.05) is 24.3 Å². The van der Waals surface area contributed by atoms with Crippen LogP contribution in [0.4, 0.5) is 0 Å². The zero-order chi connectivity index (χ0) is 16.8. The summed E-state index contributed by atoms with van der Waals surface area (Å²) in [5.74, 6) is 0.351. The summed E-state index contributed by atoms with van der Waals surface area (Å²) in [5, 5.41) is 4.56. The lowest BCUT2D eigenvalue weighted by Crippen LogP contribution is -2.34. The second-order valence-electron chi connectivity index (χ2n) is 7.19. The van der Waals surface area contributed by atoms with Gasteiger partial charge < -0.3 is 4.90 Å². The van der Waals surface area contributed by atoms with Gasteiger partial charge in [-0.2, -0.15) is 5.10 Å². The number of benzene rings is 1. The molecule has 4 rings (SSSR count). The quantitative estimate of drug-likeness (QED) is 0.849. The number of hydrogen-bond acceptors (Lipinski definition) is 2. The number of carbonyl (C=O) groups is 1. The zero-order valence-electron chi connectivity index (χ0n) is 14.7. The second-order valence-corrected chi connectivity index (χ2v) is 7.19. The van der Waals surface area contributed by atoms with Gasteiger partial charge in [0.25, 0.3) is 0 Å². The van der Waals surface area contributed by atoms with Crippen molar-refractivity contribution in [3.63, 3.8) is 0 Å². The van der Waals surface area contributed by atoms with Crippen molar-refractivity contribution in [2.75, 3.05) is 6.54 Å². The van der Waals surface area contributed by atoms with Gasteiger partial charge >= 0.3 is 0 Å². The number of fused-ring (bicyclic) bond motifs is 1. The van der Waals surface area contributed by atoms with Gasteiger partial charge in [0, 0.05) is 24.8 Å². The monoisotopic (exact) mass is 323 g/mol. The van der Waals surface area contributed by atoms with Crippen LogP contribution in [0.15, 0.2) is 24.3 Å². The standard InChI is InChI=1S/C20H25N3O/c1-13-19(14(2)22(3)21-13)18-9-6-12-23(18)20(24)17-11-10-15-7-4-5-8-16(15)17/h4-5,7-8,17-18H,6,9-12H2,1-3H3/t17-,18+/m0/s1. The van der Waals surface area contributed by atoms with E-state index in [-0.39, 0.29) is 12.0 Å². The van der Waals surface area contributed by atoms with Crippen LogP contribution in [0.1, 0.15) is 59.3 Å². The molecule has 1 aromatic heterocycles. The van der Waals surface area contributed by atoms with E-state index in [0.29, 0.717) is 5.91 Å². The molecule has 126 valence electrons. The molecule has 0 saturated carbocycles. The largest absolute Gasteiger partial charge is 0.335 e. The van der Waals surface area contributed by atoms with Crippen LogP contribution in [0.3, 0.4) is 0 Å². The first-order valence-corrected chi connectivity index (χ1v) is 8.96. The molecule has 0 unspecified atom stereocenters. The molecule has 24 heavy (non-hydrogen) atoms. The van der Waals surface area contributed by atoms with Crippen molar-refractivity contribution in [3.05, 3.63) is 52.3 Å². The van der Waals surface area contributed by atoms with Crippen LogP contribution in [0, 0.1) is 13.8 Å². The lowest BCUT2D eigenvalue weighted by Gasteiger charge is -2.28. The number of nitrogens with zero attached hydrogens (tertiary/aromatic N) is 3. The molecule has 1 fully saturated rings. The van der Waals surface area contributed by atoms with Gasteiger partial charge in [0.1, 0.15) is 0 Å². The van der Waals surface area contributed by atoms with Gasteiger partial charge in [-0.05, 0) is 50.7 Å². The highest BCUT2D eigenvalue weighted by molar-refractivity contribution is 5.85. The van der Waals surface area contributed by atoms with Gasteiger partial charge in [-0.15, -0.1) is 0 Å². The first-order chi connectivity index (χ1) is 11.6. The van der Waals surface area contributed by atoms with Crippen LogP contribution in [0.25, 0.3) is 0 Å². The molecular formula is C20H25N3O. The minimum absolute atomic E-state index is 0.0408. The van der Waals surface area contributed by atoms with Gasteiger partial charge in [-0.25, -0.2) is 0 Å². The molecule has 2 aromatic rings. The Labute approximate surface area is 143 Å². The van der Waals surface area contributed by atoms with E-state index in [1.165, 1.54) is 22.4 Å². The number of aryl methyl sites for hydroxylation is 3. The van der Waals surface area contributed by atoms with E-state index in [4.69, 9.17) is 0 Å². The van der Waals surface area contributed by atoms with E-state index in [2.05, 4.69) is 48.1 Å². The maximum absolute atomic E-state index is 13.3.